The summed E-state index contributed by atoms with van der Waals surface area (Å²) in [6.07, 6.45) is 5.33. The molecule has 0 aliphatic carbocycles. The van der Waals surface area contributed by atoms with Gasteiger partial charge in [-0.05, 0) is 50.5 Å². The van der Waals surface area contributed by atoms with Gasteiger partial charge in [-0.1, -0.05) is 24.3 Å². The molecule has 1 saturated heterocycles. The Bertz CT molecular complexity index is 1000. The molecule has 2 aromatic heterocycles. The van der Waals surface area contributed by atoms with E-state index < -0.39 is 0 Å². The van der Waals surface area contributed by atoms with E-state index in [1.807, 2.05) is 12.1 Å². The van der Waals surface area contributed by atoms with Crippen molar-refractivity contribution in [2.45, 2.75) is 26.2 Å². The number of aromatic nitrogens is 1. The van der Waals surface area contributed by atoms with Crippen molar-refractivity contribution in [2.24, 2.45) is 0 Å². The molecule has 0 unspecified atom stereocenters. The molecule has 1 fully saturated rings. The molecule has 3 heterocycles. The minimum absolute atomic E-state index is 0.0102. The van der Waals surface area contributed by atoms with Crippen molar-refractivity contribution < 1.29 is 14.0 Å². The third-order valence-electron chi connectivity index (χ3n) is 5.09. The minimum atomic E-state index is -0.330. The number of anilines is 2. The van der Waals surface area contributed by atoms with Crippen LogP contribution in [-0.2, 0) is 0 Å². The fourth-order valence-electron chi connectivity index (χ4n) is 3.45. The van der Waals surface area contributed by atoms with E-state index in [0.717, 1.165) is 24.5 Å². The van der Waals surface area contributed by atoms with Crippen LogP contribution >= 0.6 is 0 Å². The zero-order valence-electron chi connectivity index (χ0n) is 16.4. The van der Waals surface area contributed by atoms with E-state index >= 15 is 0 Å². The van der Waals surface area contributed by atoms with Crippen LogP contribution in [0.5, 0.6) is 0 Å². The highest BCUT2D eigenvalue weighted by Gasteiger charge is 2.15. The van der Waals surface area contributed by atoms with Gasteiger partial charge in [0.1, 0.15) is 11.6 Å². The third-order valence-corrected chi connectivity index (χ3v) is 5.09. The number of piperidine rings is 1. The summed E-state index contributed by atoms with van der Waals surface area (Å²) in [7, 11) is 0. The van der Waals surface area contributed by atoms with Crippen LogP contribution in [0.25, 0.3) is 11.3 Å². The van der Waals surface area contributed by atoms with Gasteiger partial charge in [0.2, 0.25) is 0 Å². The molecule has 1 aliphatic rings. The van der Waals surface area contributed by atoms with Crippen LogP contribution < -0.4 is 10.2 Å². The molecule has 6 heteroatoms. The van der Waals surface area contributed by atoms with Crippen LogP contribution in [0.4, 0.5) is 11.5 Å². The molecular weight excluding hydrogens is 366 g/mol. The van der Waals surface area contributed by atoms with Crippen LogP contribution in [0, 0.1) is 0 Å². The molecule has 0 saturated carbocycles. The summed E-state index contributed by atoms with van der Waals surface area (Å²) >= 11 is 0. The summed E-state index contributed by atoms with van der Waals surface area (Å²) in [5.74, 6) is 1.41. The van der Waals surface area contributed by atoms with Crippen molar-refractivity contribution in [1.82, 2.24) is 4.98 Å². The van der Waals surface area contributed by atoms with E-state index in [0.29, 0.717) is 17.0 Å². The highest BCUT2D eigenvalue weighted by atomic mass is 16.3. The second-order valence-electron chi connectivity index (χ2n) is 7.20. The van der Waals surface area contributed by atoms with E-state index in [1.165, 1.54) is 26.2 Å². The van der Waals surface area contributed by atoms with Crippen molar-refractivity contribution in [3.63, 3.8) is 0 Å². The summed E-state index contributed by atoms with van der Waals surface area (Å²) in [4.78, 5) is 30.6. The number of Topliss-reactive ketones (excluding diaryl/α,β-unsaturated/α-hetero) is 1. The highest BCUT2D eigenvalue weighted by Crippen LogP contribution is 2.24. The first-order valence-electron chi connectivity index (χ1n) is 9.84. The molecule has 1 amide bonds. The predicted molar refractivity (Wildman–Crippen MR) is 112 cm³/mol. The van der Waals surface area contributed by atoms with Gasteiger partial charge in [-0.3, -0.25) is 9.59 Å². The number of hydrogen-bond acceptors (Lipinski definition) is 5. The summed E-state index contributed by atoms with van der Waals surface area (Å²) < 4.78 is 5.70. The monoisotopic (exact) mass is 389 g/mol. The predicted octanol–water partition coefficient (Wildman–Crippen LogP) is 4.79. The first kappa shape index (κ1) is 18.9. The van der Waals surface area contributed by atoms with Gasteiger partial charge >= 0.3 is 0 Å². The number of furan rings is 1. The Morgan fingerprint density at radius 3 is 2.38 bits per heavy atom. The van der Waals surface area contributed by atoms with Gasteiger partial charge in [0.15, 0.2) is 11.5 Å². The molecule has 1 N–H and O–H groups in total. The second-order valence-corrected chi connectivity index (χ2v) is 7.20. The van der Waals surface area contributed by atoms with E-state index in [1.54, 1.807) is 42.6 Å². The number of hydrogen-bond donors (Lipinski definition) is 1. The zero-order chi connectivity index (χ0) is 20.2. The molecule has 148 valence electrons. The van der Waals surface area contributed by atoms with Crippen molar-refractivity contribution >= 4 is 23.2 Å². The number of ketones is 1. The summed E-state index contributed by atoms with van der Waals surface area (Å²) in [5, 5.41) is 2.82. The smallest absolute Gasteiger partial charge is 0.291 e. The summed E-state index contributed by atoms with van der Waals surface area (Å²) in [6, 6.07) is 14.3. The number of pyridine rings is 1. The van der Waals surface area contributed by atoms with Crippen LogP contribution in [0.2, 0.25) is 0 Å². The van der Waals surface area contributed by atoms with Crippen molar-refractivity contribution in [2.75, 3.05) is 23.3 Å². The molecule has 0 bridgehead atoms. The van der Waals surface area contributed by atoms with Crippen LogP contribution in [0.1, 0.15) is 47.1 Å². The van der Waals surface area contributed by atoms with Crippen LogP contribution in [0.3, 0.4) is 0 Å². The second kappa shape index (κ2) is 8.31. The Balaban J connectivity index is 1.42. The van der Waals surface area contributed by atoms with Crippen LogP contribution in [-0.4, -0.2) is 29.8 Å². The number of amides is 1. The normalized spacial score (nSPS) is 13.9. The molecule has 0 spiro atoms. The van der Waals surface area contributed by atoms with Crippen LogP contribution in [0.15, 0.2) is 59.1 Å². The van der Waals surface area contributed by atoms with Crippen molar-refractivity contribution in [3.05, 3.63) is 66.1 Å². The van der Waals surface area contributed by atoms with Gasteiger partial charge in [-0.2, -0.15) is 0 Å². The maximum atomic E-state index is 12.5. The Hall–Kier alpha value is -3.41. The Morgan fingerprint density at radius 2 is 1.72 bits per heavy atom. The van der Waals surface area contributed by atoms with Gasteiger partial charge in [-0.15, -0.1) is 0 Å². The van der Waals surface area contributed by atoms with E-state index in [9.17, 15) is 9.59 Å². The van der Waals surface area contributed by atoms with E-state index in [4.69, 9.17) is 4.42 Å². The van der Waals surface area contributed by atoms with Gasteiger partial charge in [0.05, 0.1) is 11.9 Å². The molecule has 3 aromatic rings. The van der Waals surface area contributed by atoms with Crippen molar-refractivity contribution in [3.8, 4) is 11.3 Å². The number of benzene rings is 1. The largest absolute Gasteiger partial charge is 0.451 e. The van der Waals surface area contributed by atoms with Gasteiger partial charge < -0.3 is 14.6 Å². The Morgan fingerprint density at radius 1 is 0.966 bits per heavy atom. The average molecular weight is 389 g/mol. The molecular formula is C23H23N3O3. The molecule has 4 rings (SSSR count). The maximum absolute atomic E-state index is 12.5. The first-order valence-corrected chi connectivity index (χ1v) is 9.84. The lowest BCUT2D eigenvalue weighted by atomic mass is 10.1. The molecule has 0 radical (unpaired) electrons. The topological polar surface area (TPSA) is 75.4 Å². The third kappa shape index (κ3) is 4.37. The molecule has 1 aromatic carbocycles. The highest BCUT2D eigenvalue weighted by molar-refractivity contribution is 6.02. The lowest BCUT2D eigenvalue weighted by Crippen LogP contribution is -2.30. The zero-order valence-corrected chi connectivity index (χ0v) is 16.4. The van der Waals surface area contributed by atoms with Gasteiger partial charge in [0, 0.05) is 24.2 Å². The number of nitrogens with one attached hydrogen (secondary N) is 1. The average Bonchev–Trinajstić information content (AvgIpc) is 3.25. The molecule has 0 atom stereocenters. The number of nitrogens with zero attached hydrogens (tertiary/aromatic N) is 2. The molecule has 1 aliphatic heterocycles. The molecule has 29 heavy (non-hydrogen) atoms. The number of carbonyl (C=O) groups is 2. The number of carbonyl (C=O) groups excluding carboxylic acids is 2. The van der Waals surface area contributed by atoms with E-state index in [-0.39, 0.29) is 17.5 Å². The minimum Gasteiger partial charge on any atom is -0.451 e. The lowest BCUT2D eigenvalue weighted by Gasteiger charge is -2.27. The lowest BCUT2D eigenvalue weighted by molar-refractivity contribution is 0.0994. The Kier molecular flexibility index (Phi) is 5.42. The van der Waals surface area contributed by atoms with Crippen molar-refractivity contribution in [1.29, 1.82) is 0 Å². The van der Waals surface area contributed by atoms with Gasteiger partial charge in [0.25, 0.3) is 5.91 Å². The number of rotatable bonds is 5. The quantitative estimate of drug-likeness (QED) is 0.635. The summed E-state index contributed by atoms with van der Waals surface area (Å²) in [6.45, 7) is 3.58. The maximum Gasteiger partial charge on any atom is 0.291 e. The standard InChI is InChI=1S/C23H23N3O3/c1-16(27)17-5-7-18(8-6-17)20-10-11-21(29-20)23(28)25-19-9-12-22(24-15-19)26-13-3-2-4-14-26/h5-12,15H,2-4,13-14H2,1H3,(H,25,28). The first-order chi connectivity index (χ1) is 14.1. The molecule has 6 nitrogen and oxygen atoms in total. The fourth-order valence-corrected chi connectivity index (χ4v) is 3.45. The summed E-state index contributed by atoms with van der Waals surface area (Å²) in [5.41, 5.74) is 2.07. The Labute approximate surface area is 169 Å². The SMILES string of the molecule is CC(=O)c1ccc(-c2ccc(C(=O)Nc3ccc(N4CCCCC4)nc3)o2)cc1. The van der Waals surface area contributed by atoms with Gasteiger partial charge in [-0.25, -0.2) is 4.98 Å². The van der Waals surface area contributed by atoms with E-state index in [2.05, 4.69) is 15.2 Å². The fraction of sp³-hybridized carbons (Fsp3) is 0.261.